The Kier molecular flexibility index (Phi) is 6.09. The van der Waals surface area contributed by atoms with Gasteiger partial charge in [0, 0.05) is 32.7 Å². The van der Waals surface area contributed by atoms with E-state index in [0.29, 0.717) is 16.9 Å². The molecule has 0 atom stereocenters. The van der Waals surface area contributed by atoms with E-state index in [9.17, 15) is 13.2 Å². The molecule has 0 radical (unpaired) electrons. The van der Waals surface area contributed by atoms with Crippen molar-refractivity contribution in [1.29, 1.82) is 0 Å². The molecule has 3 aromatic rings. The fraction of sp³-hybridized carbons (Fsp3) is 0.440. The van der Waals surface area contributed by atoms with Crippen LogP contribution >= 0.6 is 0 Å². The maximum atomic E-state index is 13.2. The monoisotopic (exact) mass is 468 g/mol. The molecule has 0 unspecified atom stereocenters. The zero-order valence-corrected chi connectivity index (χ0v) is 20.8. The lowest BCUT2D eigenvalue weighted by Gasteiger charge is -2.20. The number of imidazole rings is 1. The van der Waals surface area contributed by atoms with E-state index < -0.39 is 10.0 Å². The molecule has 0 saturated carbocycles. The zero-order valence-electron chi connectivity index (χ0n) is 20.0. The van der Waals surface area contributed by atoms with Crippen LogP contribution in [0.2, 0.25) is 0 Å². The molecule has 1 aliphatic rings. The number of hydrogen-bond donors (Lipinski definition) is 0. The van der Waals surface area contributed by atoms with Crippen LogP contribution in [0, 0.1) is 0 Å². The van der Waals surface area contributed by atoms with Gasteiger partial charge in [0.2, 0.25) is 10.0 Å². The second kappa shape index (κ2) is 8.57. The quantitative estimate of drug-likeness (QED) is 0.569. The van der Waals surface area contributed by atoms with Gasteiger partial charge in [0.15, 0.2) is 0 Å². The average molecular weight is 469 g/mol. The number of aromatic nitrogens is 2. The van der Waals surface area contributed by atoms with Gasteiger partial charge in [-0.25, -0.2) is 13.4 Å². The van der Waals surface area contributed by atoms with E-state index in [0.717, 1.165) is 37.0 Å². The Labute approximate surface area is 196 Å². The highest BCUT2D eigenvalue weighted by atomic mass is 32.2. The molecule has 1 fully saturated rings. The number of sulfonamides is 1. The molecule has 1 saturated heterocycles. The highest BCUT2D eigenvalue weighted by molar-refractivity contribution is 7.89. The number of amides is 1. The molecule has 33 heavy (non-hydrogen) atoms. The van der Waals surface area contributed by atoms with Crippen molar-refractivity contribution in [1.82, 2.24) is 18.8 Å². The topological polar surface area (TPSA) is 75.5 Å². The van der Waals surface area contributed by atoms with Crippen molar-refractivity contribution in [3.05, 3.63) is 59.4 Å². The van der Waals surface area contributed by atoms with E-state index in [1.54, 1.807) is 25.2 Å². The fourth-order valence-electron chi connectivity index (χ4n) is 4.22. The molecule has 1 aliphatic heterocycles. The maximum Gasteiger partial charge on any atom is 0.253 e. The Hall–Kier alpha value is -2.71. The lowest BCUT2D eigenvalue weighted by Crippen LogP contribution is -2.28. The molecule has 0 bridgehead atoms. The minimum absolute atomic E-state index is 0.0278. The molecule has 4 rings (SSSR count). The van der Waals surface area contributed by atoms with Crippen molar-refractivity contribution in [3.63, 3.8) is 0 Å². The number of carbonyl (C=O) groups is 1. The molecule has 2 aromatic carbocycles. The standard InChI is InChI=1S/C25H32N4O3S/c1-25(2,3)19-9-11-20(12-10-19)33(31,32)27(4)17-23-26-21-16-18(8-13-22(21)28(23)5)24(30)29-14-6-7-15-29/h8-13,16H,6-7,14-15,17H2,1-5H3. The highest BCUT2D eigenvalue weighted by Gasteiger charge is 2.25. The lowest BCUT2D eigenvalue weighted by atomic mass is 9.87. The van der Waals surface area contributed by atoms with Gasteiger partial charge in [-0.2, -0.15) is 4.31 Å². The van der Waals surface area contributed by atoms with Gasteiger partial charge >= 0.3 is 0 Å². The minimum Gasteiger partial charge on any atom is -0.339 e. The molecular weight excluding hydrogens is 436 g/mol. The zero-order chi connectivity index (χ0) is 24.0. The van der Waals surface area contributed by atoms with Crippen LogP contribution in [0.4, 0.5) is 0 Å². The molecule has 2 heterocycles. The van der Waals surface area contributed by atoms with Crippen LogP contribution in [0.15, 0.2) is 47.4 Å². The third-order valence-corrected chi connectivity index (χ3v) is 8.22. The van der Waals surface area contributed by atoms with Gasteiger partial charge in [-0.1, -0.05) is 32.9 Å². The first-order valence-electron chi connectivity index (χ1n) is 11.3. The number of rotatable bonds is 5. The Bertz CT molecular complexity index is 1280. The van der Waals surface area contributed by atoms with E-state index in [2.05, 4.69) is 25.8 Å². The Balaban J connectivity index is 1.57. The van der Waals surface area contributed by atoms with Crippen LogP contribution in [-0.4, -0.2) is 53.2 Å². The van der Waals surface area contributed by atoms with Crippen LogP contribution in [0.3, 0.4) is 0 Å². The summed E-state index contributed by atoms with van der Waals surface area (Å²) in [6.07, 6.45) is 2.09. The van der Waals surface area contributed by atoms with Gasteiger partial charge in [-0.15, -0.1) is 0 Å². The number of carbonyl (C=O) groups excluding carboxylic acids is 1. The van der Waals surface area contributed by atoms with Gasteiger partial charge < -0.3 is 9.47 Å². The summed E-state index contributed by atoms with van der Waals surface area (Å²) in [6, 6.07) is 12.6. The molecule has 8 heteroatoms. The third kappa shape index (κ3) is 4.54. The fourth-order valence-corrected chi connectivity index (χ4v) is 5.34. The first kappa shape index (κ1) is 23.4. The van der Waals surface area contributed by atoms with Crippen LogP contribution in [0.1, 0.15) is 55.4 Å². The molecule has 176 valence electrons. The summed E-state index contributed by atoms with van der Waals surface area (Å²) in [4.78, 5) is 19.5. The summed E-state index contributed by atoms with van der Waals surface area (Å²) in [5.41, 5.74) is 3.21. The van der Waals surface area contributed by atoms with Crippen molar-refractivity contribution < 1.29 is 13.2 Å². The predicted octanol–water partition coefficient (Wildman–Crippen LogP) is 3.93. The van der Waals surface area contributed by atoms with Crippen LogP contribution in [0.5, 0.6) is 0 Å². The second-order valence-corrected chi connectivity index (χ2v) is 11.9. The largest absolute Gasteiger partial charge is 0.339 e. The number of hydrogen-bond acceptors (Lipinski definition) is 4. The average Bonchev–Trinajstić information content (AvgIpc) is 3.41. The summed E-state index contributed by atoms with van der Waals surface area (Å²) in [5.74, 6) is 0.646. The predicted molar refractivity (Wildman–Crippen MR) is 130 cm³/mol. The maximum absolute atomic E-state index is 13.2. The number of likely N-dealkylation sites (tertiary alicyclic amines) is 1. The number of aryl methyl sites for hydroxylation is 1. The smallest absolute Gasteiger partial charge is 0.253 e. The Morgan fingerprint density at radius 2 is 1.70 bits per heavy atom. The van der Waals surface area contributed by atoms with Crippen molar-refractivity contribution >= 4 is 27.0 Å². The van der Waals surface area contributed by atoms with Crippen molar-refractivity contribution in [2.24, 2.45) is 7.05 Å². The number of benzene rings is 2. The van der Waals surface area contributed by atoms with Gasteiger partial charge in [0.25, 0.3) is 5.91 Å². The summed E-state index contributed by atoms with van der Waals surface area (Å²) in [5, 5.41) is 0. The summed E-state index contributed by atoms with van der Waals surface area (Å²) in [6.45, 7) is 8.01. The van der Waals surface area contributed by atoms with Crippen LogP contribution in [-0.2, 0) is 29.0 Å². The second-order valence-electron chi connectivity index (χ2n) is 9.83. The van der Waals surface area contributed by atoms with Gasteiger partial charge in [-0.3, -0.25) is 4.79 Å². The van der Waals surface area contributed by atoms with Crippen LogP contribution < -0.4 is 0 Å². The lowest BCUT2D eigenvalue weighted by molar-refractivity contribution is 0.0793. The van der Waals surface area contributed by atoms with Gasteiger partial charge in [0.05, 0.1) is 22.5 Å². The van der Waals surface area contributed by atoms with Gasteiger partial charge in [-0.05, 0) is 54.2 Å². The normalized spacial score (nSPS) is 15.0. The molecule has 0 N–H and O–H groups in total. The molecular formula is C25H32N4O3S. The van der Waals surface area contributed by atoms with Crippen LogP contribution in [0.25, 0.3) is 11.0 Å². The molecule has 0 aliphatic carbocycles. The van der Waals surface area contributed by atoms with E-state index in [1.165, 1.54) is 4.31 Å². The highest BCUT2D eigenvalue weighted by Crippen LogP contribution is 2.25. The van der Waals surface area contributed by atoms with E-state index >= 15 is 0 Å². The van der Waals surface area contributed by atoms with E-state index in [-0.39, 0.29) is 22.8 Å². The van der Waals surface area contributed by atoms with E-state index in [1.807, 2.05) is 40.8 Å². The minimum atomic E-state index is -3.67. The summed E-state index contributed by atoms with van der Waals surface area (Å²) >= 11 is 0. The first-order chi connectivity index (χ1) is 15.5. The first-order valence-corrected chi connectivity index (χ1v) is 12.7. The Morgan fingerprint density at radius 3 is 2.30 bits per heavy atom. The Morgan fingerprint density at radius 1 is 1.06 bits per heavy atom. The molecule has 1 amide bonds. The molecule has 7 nitrogen and oxygen atoms in total. The summed E-state index contributed by atoms with van der Waals surface area (Å²) in [7, 11) is -0.237. The summed E-state index contributed by atoms with van der Waals surface area (Å²) < 4.78 is 29.5. The van der Waals surface area contributed by atoms with Crippen molar-refractivity contribution in [2.75, 3.05) is 20.1 Å². The SMILES string of the molecule is CN(Cc1nc2cc(C(=O)N3CCCC3)ccc2n1C)S(=O)(=O)c1ccc(C(C)(C)C)cc1. The number of nitrogens with zero attached hydrogens (tertiary/aromatic N) is 4. The van der Waals surface area contributed by atoms with Crippen molar-refractivity contribution in [2.45, 2.75) is 50.5 Å². The molecule has 1 aromatic heterocycles. The number of fused-ring (bicyclic) bond motifs is 1. The third-order valence-electron chi connectivity index (χ3n) is 6.41. The van der Waals surface area contributed by atoms with Gasteiger partial charge in [0.1, 0.15) is 5.82 Å². The van der Waals surface area contributed by atoms with E-state index in [4.69, 9.17) is 0 Å². The van der Waals surface area contributed by atoms with Crippen molar-refractivity contribution in [3.8, 4) is 0 Å². The molecule has 0 spiro atoms.